The smallest absolute Gasteiger partial charge is 0.274 e. The van der Waals surface area contributed by atoms with Gasteiger partial charge in [0.2, 0.25) is 0 Å². The molecule has 0 aliphatic carbocycles. The van der Waals surface area contributed by atoms with Crippen LogP contribution in [0.1, 0.15) is 0 Å². The third-order valence-electron chi connectivity index (χ3n) is 3.61. The highest BCUT2D eigenvalue weighted by Gasteiger charge is 2.41. The Kier molecular flexibility index (Phi) is 2.77. The average Bonchev–Trinajstić information content (AvgIpc) is 2.80. The summed E-state index contributed by atoms with van der Waals surface area (Å²) in [5.41, 5.74) is 0.714. The molecule has 0 atom stereocenters. The Morgan fingerprint density at radius 2 is 1.87 bits per heavy atom. The van der Waals surface area contributed by atoms with E-state index in [1.807, 2.05) is 0 Å². The zero-order valence-electron chi connectivity index (χ0n) is 11.6. The molecule has 2 aliphatic rings. The minimum atomic E-state index is -0.759. The number of rotatable bonds is 1. The molecule has 0 unspecified atom stereocenters. The molecule has 23 heavy (non-hydrogen) atoms. The Balaban J connectivity index is 1.88. The van der Waals surface area contributed by atoms with E-state index in [4.69, 9.17) is 0 Å². The van der Waals surface area contributed by atoms with Crippen molar-refractivity contribution in [1.29, 1.82) is 0 Å². The second kappa shape index (κ2) is 4.70. The van der Waals surface area contributed by atoms with Crippen LogP contribution in [0.2, 0.25) is 0 Å². The van der Waals surface area contributed by atoms with Crippen LogP contribution in [0.4, 0.5) is 21.5 Å². The minimum absolute atomic E-state index is 0.102. The summed E-state index contributed by atoms with van der Waals surface area (Å²) in [5.74, 6) is -1.97. The van der Waals surface area contributed by atoms with Gasteiger partial charge >= 0.3 is 0 Å². The van der Waals surface area contributed by atoms with Crippen molar-refractivity contribution < 1.29 is 19.5 Å². The summed E-state index contributed by atoms with van der Waals surface area (Å²) < 4.78 is 13.4. The van der Waals surface area contributed by atoms with Crippen LogP contribution in [0, 0.1) is 5.82 Å². The first-order chi connectivity index (χ1) is 11.1. The summed E-state index contributed by atoms with van der Waals surface area (Å²) in [5, 5.41) is 27.9. The zero-order chi connectivity index (χ0) is 16.1. The van der Waals surface area contributed by atoms with Crippen molar-refractivity contribution in [1.82, 2.24) is 5.28 Å². The van der Waals surface area contributed by atoms with E-state index in [-0.39, 0.29) is 11.4 Å². The number of amides is 1. The molecule has 0 fully saturated rings. The molecule has 1 amide bonds. The molecular weight excluding hydrogens is 303 g/mol. The molecular formula is C15H10FN4O3-. The van der Waals surface area contributed by atoms with E-state index in [2.05, 4.69) is 5.32 Å². The normalized spacial score (nSPS) is 17.2. The standard InChI is InChI=1S/C15H11FN4O3/c16-9-4-3-5-10(8-9)18-15(22)13-14(21)17-11-6-1-2-7-12(11)19(13)20(18)23/h1-8,22-23H,(H,17,21)/p-1. The van der Waals surface area contributed by atoms with Gasteiger partial charge in [0.15, 0.2) is 0 Å². The molecule has 2 heterocycles. The second-order valence-corrected chi connectivity index (χ2v) is 5.00. The van der Waals surface area contributed by atoms with Gasteiger partial charge in [-0.1, -0.05) is 18.2 Å². The number of hydrogen-bond donors (Lipinski definition) is 2. The van der Waals surface area contributed by atoms with Crippen molar-refractivity contribution in [3.63, 3.8) is 0 Å². The number of nitrogens with zero attached hydrogens (tertiary/aromatic N) is 3. The number of anilines is 3. The lowest BCUT2D eigenvalue weighted by Gasteiger charge is -2.34. The zero-order valence-corrected chi connectivity index (χ0v) is 11.6. The van der Waals surface area contributed by atoms with Gasteiger partial charge < -0.3 is 10.4 Å². The summed E-state index contributed by atoms with van der Waals surface area (Å²) in [7, 11) is 0. The Morgan fingerprint density at radius 1 is 1.09 bits per heavy atom. The van der Waals surface area contributed by atoms with Gasteiger partial charge in [0.05, 0.1) is 17.1 Å². The lowest BCUT2D eigenvalue weighted by Crippen LogP contribution is -2.47. The van der Waals surface area contributed by atoms with Crippen LogP contribution >= 0.6 is 0 Å². The van der Waals surface area contributed by atoms with Crippen LogP contribution in [0.15, 0.2) is 60.1 Å². The predicted molar refractivity (Wildman–Crippen MR) is 77.1 cm³/mol. The van der Waals surface area contributed by atoms with Gasteiger partial charge in [-0.3, -0.25) is 10.0 Å². The van der Waals surface area contributed by atoms with Crippen molar-refractivity contribution in [2.45, 2.75) is 0 Å². The molecule has 0 aromatic heterocycles. The summed E-state index contributed by atoms with van der Waals surface area (Å²) >= 11 is 0. The van der Waals surface area contributed by atoms with E-state index in [0.717, 1.165) is 16.1 Å². The first-order valence-electron chi connectivity index (χ1n) is 6.74. The second-order valence-electron chi connectivity index (χ2n) is 5.00. The van der Waals surface area contributed by atoms with Gasteiger partial charge in [-0.2, -0.15) is 0 Å². The van der Waals surface area contributed by atoms with Crippen molar-refractivity contribution in [2.24, 2.45) is 0 Å². The summed E-state index contributed by atoms with van der Waals surface area (Å²) in [6, 6.07) is 11.9. The Morgan fingerprint density at radius 3 is 2.65 bits per heavy atom. The third-order valence-corrected chi connectivity index (χ3v) is 3.61. The van der Waals surface area contributed by atoms with Crippen LogP contribution < -0.4 is 20.4 Å². The number of hydrogen-bond acceptors (Lipinski definition) is 6. The van der Waals surface area contributed by atoms with E-state index in [1.165, 1.54) is 18.2 Å². The van der Waals surface area contributed by atoms with Crippen molar-refractivity contribution >= 4 is 23.0 Å². The quantitative estimate of drug-likeness (QED) is 0.822. The fourth-order valence-electron chi connectivity index (χ4n) is 2.64. The van der Waals surface area contributed by atoms with Crippen LogP contribution in [0.25, 0.3) is 0 Å². The molecule has 0 spiro atoms. The monoisotopic (exact) mass is 313 g/mol. The van der Waals surface area contributed by atoms with Gasteiger partial charge in [-0.05, 0) is 30.3 Å². The Labute approximate surface area is 130 Å². The average molecular weight is 313 g/mol. The van der Waals surface area contributed by atoms with Crippen LogP contribution in [-0.2, 0) is 4.79 Å². The van der Waals surface area contributed by atoms with Gasteiger partial charge in [-0.15, -0.1) is 0 Å². The highest BCUT2D eigenvalue weighted by Crippen LogP contribution is 2.40. The fourth-order valence-corrected chi connectivity index (χ4v) is 2.64. The Bertz CT molecular complexity index is 854. The number of carbonyl (C=O) groups is 1. The SMILES string of the molecule is O=C1Nc2ccccc2N2C1=C([O-])N(c1cccc(F)c1)N2O. The molecule has 116 valence electrons. The lowest BCUT2D eigenvalue weighted by molar-refractivity contribution is -0.313. The highest BCUT2D eigenvalue weighted by atomic mass is 19.1. The van der Waals surface area contributed by atoms with Gasteiger partial charge in [0.25, 0.3) is 5.91 Å². The maximum absolute atomic E-state index is 13.4. The molecule has 2 aliphatic heterocycles. The van der Waals surface area contributed by atoms with Gasteiger partial charge in [0.1, 0.15) is 11.5 Å². The Hall–Kier alpha value is -3.10. The number of hydrazine groups is 2. The molecule has 2 aromatic rings. The van der Waals surface area contributed by atoms with E-state index in [1.54, 1.807) is 24.3 Å². The predicted octanol–water partition coefficient (Wildman–Crippen LogP) is 1.16. The number of carbonyl (C=O) groups excluding carboxylic acids is 1. The van der Waals surface area contributed by atoms with E-state index in [0.29, 0.717) is 16.7 Å². The molecule has 4 rings (SSSR count). The van der Waals surface area contributed by atoms with Crippen LogP contribution in [0.3, 0.4) is 0 Å². The van der Waals surface area contributed by atoms with Crippen molar-refractivity contribution in [2.75, 3.05) is 15.3 Å². The van der Waals surface area contributed by atoms with Crippen LogP contribution in [-0.4, -0.2) is 16.4 Å². The molecule has 2 N–H and O–H groups in total. The number of nitrogens with one attached hydrogen (secondary N) is 1. The topological polar surface area (TPSA) is 82.1 Å². The van der Waals surface area contributed by atoms with Crippen molar-refractivity contribution in [3.05, 3.63) is 65.9 Å². The van der Waals surface area contributed by atoms with Gasteiger partial charge in [0, 0.05) is 11.2 Å². The molecule has 2 aromatic carbocycles. The largest absolute Gasteiger partial charge is 0.857 e. The highest BCUT2D eigenvalue weighted by molar-refractivity contribution is 6.12. The van der Waals surface area contributed by atoms with Crippen molar-refractivity contribution in [3.8, 4) is 0 Å². The summed E-state index contributed by atoms with van der Waals surface area (Å²) in [6.45, 7) is 0. The number of para-hydroxylation sites is 2. The molecule has 0 radical (unpaired) electrons. The fraction of sp³-hybridized carbons (Fsp3) is 0. The maximum atomic E-state index is 13.4. The first kappa shape index (κ1) is 13.6. The number of fused-ring (bicyclic) bond motifs is 3. The van der Waals surface area contributed by atoms with Crippen LogP contribution in [0.5, 0.6) is 0 Å². The maximum Gasteiger partial charge on any atom is 0.274 e. The lowest BCUT2D eigenvalue weighted by atomic mass is 10.2. The summed E-state index contributed by atoms with van der Waals surface area (Å²) in [4.78, 5) is 12.2. The molecule has 8 heteroatoms. The number of benzene rings is 2. The van der Waals surface area contributed by atoms with Gasteiger partial charge in [-0.25, -0.2) is 14.4 Å². The molecule has 0 bridgehead atoms. The third kappa shape index (κ3) is 1.86. The molecule has 0 saturated carbocycles. The first-order valence-corrected chi connectivity index (χ1v) is 6.74. The van der Waals surface area contributed by atoms with E-state index < -0.39 is 17.6 Å². The number of halogens is 1. The minimum Gasteiger partial charge on any atom is -0.857 e. The van der Waals surface area contributed by atoms with E-state index in [9.17, 15) is 19.5 Å². The summed E-state index contributed by atoms with van der Waals surface area (Å²) in [6.07, 6.45) is 0. The van der Waals surface area contributed by atoms with E-state index >= 15 is 0 Å². The molecule has 7 nitrogen and oxygen atoms in total. The molecule has 0 saturated heterocycles.